The van der Waals surface area contributed by atoms with E-state index in [1.54, 1.807) is 12.1 Å². The fourth-order valence-corrected chi connectivity index (χ4v) is 1.37. The second-order valence-corrected chi connectivity index (χ2v) is 3.39. The number of nitrogens with zero attached hydrogens (tertiary/aromatic N) is 1. The minimum atomic E-state index is -0.0817. The normalized spacial score (nSPS) is 9.93. The van der Waals surface area contributed by atoms with Crippen LogP contribution >= 0.6 is 0 Å². The summed E-state index contributed by atoms with van der Waals surface area (Å²) in [5.41, 5.74) is 1.48. The molecule has 0 radical (unpaired) electrons. The minimum absolute atomic E-state index is 0.0817. The maximum atomic E-state index is 11.7. The van der Waals surface area contributed by atoms with E-state index < -0.39 is 0 Å². The summed E-state index contributed by atoms with van der Waals surface area (Å²) >= 11 is 0. The van der Waals surface area contributed by atoms with Gasteiger partial charge >= 0.3 is 0 Å². The summed E-state index contributed by atoms with van der Waals surface area (Å²) in [5.74, 6) is -0.0817. The third-order valence-corrected chi connectivity index (χ3v) is 2.13. The summed E-state index contributed by atoms with van der Waals surface area (Å²) < 4.78 is 1.89. The van der Waals surface area contributed by atoms with E-state index in [1.165, 1.54) is 0 Å². The maximum Gasteiger partial charge on any atom is 0.255 e. The molecular formula is C12H12N2O. The molecule has 3 nitrogen and oxygen atoms in total. The zero-order valence-corrected chi connectivity index (χ0v) is 8.47. The highest BCUT2D eigenvalue weighted by molar-refractivity contribution is 6.04. The van der Waals surface area contributed by atoms with E-state index in [0.29, 0.717) is 5.56 Å². The van der Waals surface area contributed by atoms with E-state index in [0.717, 1.165) is 5.69 Å². The van der Waals surface area contributed by atoms with Crippen LogP contribution in [-0.4, -0.2) is 10.5 Å². The van der Waals surface area contributed by atoms with Crippen LogP contribution in [0.2, 0.25) is 0 Å². The molecular weight excluding hydrogens is 188 g/mol. The molecule has 0 fully saturated rings. The molecule has 1 aromatic carbocycles. The molecule has 1 N–H and O–H groups in total. The predicted octanol–water partition coefficient (Wildman–Crippen LogP) is 2.28. The lowest BCUT2D eigenvalue weighted by Gasteiger charge is -2.01. The first kappa shape index (κ1) is 9.52. The van der Waals surface area contributed by atoms with Crippen LogP contribution in [0.1, 0.15) is 10.4 Å². The van der Waals surface area contributed by atoms with Gasteiger partial charge < -0.3 is 9.88 Å². The van der Waals surface area contributed by atoms with Crippen molar-refractivity contribution in [1.29, 1.82) is 0 Å². The van der Waals surface area contributed by atoms with Gasteiger partial charge in [-0.3, -0.25) is 4.79 Å². The Morgan fingerprint density at radius 3 is 2.53 bits per heavy atom. The summed E-state index contributed by atoms with van der Waals surface area (Å²) in [5, 5.41) is 2.82. The van der Waals surface area contributed by atoms with Crippen molar-refractivity contribution in [3.63, 3.8) is 0 Å². The van der Waals surface area contributed by atoms with E-state index in [-0.39, 0.29) is 5.91 Å². The maximum absolute atomic E-state index is 11.7. The molecule has 0 saturated carbocycles. The topological polar surface area (TPSA) is 34.0 Å². The third kappa shape index (κ3) is 2.26. The zero-order chi connectivity index (χ0) is 10.7. The van der Waals surface area contributed by atoms with Crippen molar-refractivity contribution in [1.82, 2.24) is 4.57 Å². The molecule has 0 spiro atoms. The van der Waals surface area contributed by atoms with Crippen molar-refractivity contribution >= 4 is 11.6 Å². The Hall–Kier alpha value is -2.03. The minimum Gasteiger partial charge on any atom is -0.355 e. The number of hydrogen-bond donors (Lipinski definition) is 1. The first-order chi connectivity index (χ1) is 7.25. The highest BCUT2D eigenvalue weighted by atomic mass is 16.1. The fourth-order valence-electron chi connectivity index (χ4n) is 1.37. The molecule has 0 unspecified atom stereocenters. The van der Waals surface area contributed by atoms with E-state index >= 15 is 0 Å². The number of carbonyl (C=O) groups is 1. The molecule has 0 saturated heterocycles. The number of benzene rings is 1. The van der Waals surface area contributed by atoms with Crippen LogP contribution in [0.5, 0.6) is 0 Å². The monoisotopic (exact) mass is 200 g/mol. The van der Waals surface area contributed by atoms with Crippen LogP contribution in [0, 0.1) is 0 Å². The molecule has 0 atom stereocenters. The van der Waals surface area contributed by atoms with E-state index in [9.17, 15) is 4.79 Å². The molecule has 1 aromatic heterocycles. The Labute approximate surface area is 88.3 Å². The average Bonchev–Trinajstić information content (AvgIpc) is 2.65. The smallest absolute Gasteiger partial charge is 0.255 e. The third-order valence-electron chi connectivity index (χ3n) is 2.13. The van der Waals surface area contributed by atoms with E-state index in [2.05, 4.69) is 5.32 Å². The second kappa shape index (κ2) is 4.00. The molecule has 1 amide bonds. The van der Waals surface area contributed by atoms with Crippen LogP contribution in [0.4, 0.5) is 5.69 Å². The lowest BCUT2D eigenvalue weighted by molar-refractivity contribution is 0.102. The molecule has 3 heteroatoms. The molecule has 0 aliphatic rings. The first-order valence-corrected chi connectivity index (χ1v) is 4.74. The summed E-state index contributed by atoms with van der Waals surface area (Å²) in [6, 6.07) is 11.0. The molecule has 0 bridgehead atoms. The molecule has 1 heterocycles. The van der Waals surface area contributed by atoms with Gasteiger partial charge in [0, 0.05) is 25.0 Å². The number of aromatic nitrogens is 1. The standard InChI is InChI=1S/C12H12N2O/c1-14-8-7-11(9-14)13-12(15)10-5-3-2-4-6-10/h2-9H,1H3,(H,13,15). The van der Waals surface area contributed by atoms with Gasteiger partial charge in [0.2, 0.25) is 0 Å². The average molecular weight is 200 g/mol. The molecule has 76 valence electrons. The van der Waals surface area contributed by atoms with Crippen LogP contribution in [0.3, 0.4) is 0 Å². The van der Waals surface area contributed by atoms with Crippen molar-refractivity contribution in [2.75, 3.05) is 5.32 Å². The van der Waals surface area contributed by atoms with E-state index in [4.69, 9.17) is 0 Å². The van der Waals surface area contributed by atoms with Gasteiger partial charge in [0.25, 0.3) is 5.91 Å². The zero-order valence-electron chi connectivity index (χ0n) is 8.47. The number of aryl methyl sites for hydroxylation is 1. The van der Waals surface area contributed by atoms with Crippen LogP contribution in [0.15, 0.2) is 48.8 Å². The lowest BCUT2D eigenvalue weighted by Crippen LogP contribution is -2.10. The highest BCUT2D eigenvalue weighted by Crippen LogP contribution is 2.08. The summed E-state index contributed by atoms with van der Waals surface area (Å²) in [4.78, 5) is 11.7. The van der Waals surface area contributed by atoms with Gasteiger partial charge in [-0.25, -0.2) is 0 Å². The number of hydrogen-bond acceptors (Lipinski definition) is 1. The Balaban J connectivity index is 2.11. The number of amides is 1. The Bertz CT molecular complexity index is 459. The van der Waals surface area contributed by atoms with Crippen molar-refractivity contribution in [3.8, 4) is 0 Å². The highest BCUT2D eigenvalue weighted by Gasteiger charge is 2.04. The Kier molecular flexibility index (Phi) is 2.54. The Morgan fingerprint density at radius 1 is 1.20 bits per heavy atom. The number of nitrogens with one attached hydrogen (secondary N) is 1. The second-order valence-electron chi connectivity index (χ2n) is 3.39. The van der Waals surface area contributed by atoms with Crippen molar-refractivity contribution in [2.24, 2.45) is 7.05 Å². The van der Waals surface area contributed by atoms with Gasteiger partial charge in [0.05, 0.1) is 5.69 Å². The van der Waals surface area contributed by atoms with Gasteiger partial charge in [-0.1, -0.05) is 18.2 Å². The predicted molar refractivity (Wildman–Crippen MR) is 59.8 cm³/mol. The molecule has 0 aliphatic heterocycles. The van der Waals surface area contributed by atoms with Crippen LogP contribution in [-0.2, 0) is 7.05 Å². The summed E-state index contributed by atoms with van der Waals surface area (Å²) in [6.45, 7) is 0. The Morgan fingerprint density at radius 2 is 1.93 bits per heavy atom. The van der Waals surface area contributed by atoms with Crippen molar-refractivity contribution in [2.45, 2.75) is 0 Å². The molecule has 0 aliphatic carbocycles. The van der Waals surface area contributed by atoms with Crippen LogP contribution < -0.4 is 5.32 Å². The largest absolute Gasteiger partial charge is 0.355 e. The summed E-state index contributed by atoms with van der Waals surface area (Å²) in [7, 11) is 1.91. The molecule has 15 heavy (non-hydrogen) atoms. The van der Waals surface area contributed by atoms with E-state index in [1.807, 2.05) is 48.3 Å². The SMILES string of the molecule is Cn1ccc(NC(=O)c2ccccc2)c1. The van der Waals surface area contributed by atoms with Gasteiger partial charge in [-0.2, -0.15) is 0 Å². The van der Waals surface area contributed by atoms with Crippen molar-refractivity contribution < 1.29 is 4.79 Å². The fraction of sp³-hybridized carbons (Fsp3) is 0.0833. The van der Waals surface area contributed by atoms with Gasteiger partial charge in [-0.05, 0) is 18.2 Å². The molecule has 2 rings (SSSR count). The molecule has 2 aromatic rings. The number of rotatable bonds is 2. The first-order valence-electron chi connectivity index (χ1n) is 4.74. The summed E-state index contributed by atoms with van der Waals surface area (Å²) in [6.07, 6.45) is 3.75. The van der Waals surface area contributed by atoms with Crippen molar-refractivity contribution in [3.05, 3.63) is 54.4 Å². The van der Waals surface area contributed by atoms with Gasteiger partial charge in [0.1, 0.15) is 0 Å². The number of anilines is 1. The quantitative estimate of drug-likeness (QED) is 0.792. The van der Waals surface area contributed by atoms with Gasteiger partial charge in [-0.15, -0.1) is 0 Å². The van der Waals surface area contributed by atoms with Gasteiger partial charge in [0.15, 0.2) is 0 Å². The lowest BCUT2D eigenvalue weighted by atomic mass is 10.2. The number of carbonyl (C=O) groups excluding carboxylic acids is 1. The van der Waals surface area contributed by atoms with Crippen LogP contribution in [0.25, 0.3) is 0 Å².